The average molecular weight is 486 g/mol. The lowest BCUT2D eigenvalue weighted by atomic mass is 10.1. The lowest BCUT2D eigenvalue weighted by Crippen LogP contribution is -2.37. The zero-order chi connectivity index (χ0) is 25.1. The fourth-order valence-electron chi connectivity index (χ4n) is 4.56. The van der Waals surface area contributed by atoms with Crippen LogP contribution < -0.4 is 10.6 Å². The number of benzene rings is 1. The summed E-state index contributed by atoms with van der Waals surface area (Å²) in [4.78, 5) is 35.8. The molecule has 0 unspecified atom stereocenters. The van der Waals surface area contributed by atoms with Crippen LogP contribution >= 0.6 is 0 Å². The van der Waals surface area contributed by atoms with Gasteiger partial charge in [0, 0.05) is 54.7 Å². The summed E-state index contributed by atoms with van der Waals surface area (Å²) in [5.41, 5.74) is 4.98. The second kappa shape index (κ2) is 10.3. The monoisotopic (exact) mass is 485 g/mol. The summed E-state index contributed by atoms with van der Waals surface area (Å²) in [5.74, 6) is -0.417. The van der Waals surface area contributed by atoms with Crippen molar-refractivity contribution < 1.29 is 9.59 Å². The number of carbonyl (C=O) groups excluding carboxylic acids is 2. The number of likely N-dealkylation sites (tertiary alicyclic amines) is 1. The van der Waals surface area contributed by atoms with Gasteiger partial charge in [-0.3, -0.25) is 14.3 Å². The van der Waals surface area contributed by atoms with E-state index in [9.17, 15) is 9.59 Å². The van der Waals surface area contributed by atoms with E-state index in [-0.39, 0.29) is 11.8 Å². The average Bonchev–Trinajstić information content (AvgIpc) is 3.51. The van der Waals surface area contributed by atoms with Crippen molar-refractivity contribution >= 4 is 28.5 Å². The molecule has 1 fully saturated rings. The number of piperidine rings is 1. The molecule has 3 N–H and O–H groups in total. The largest absolute Gasteiger partial charge is 0.351 e. The third kappa shape index (κ3) is 5.31. The van der Waals surface area contributed by atoms with Gasteiger partial charge in [-0.1, -0.05) is 12.5 Å². The van der Waals surface area contributed by atoms with Crippen molar-refractivity contribution in [1.29, 1.82) is 0 Å². The first kappa shape index (κ1) is 23.7. The number of anilines is 1. The van der Waals surface area contributed by atoms with E-state index in [1.807, 2.05) is 32.3 Å². The van der Waals surface area contributed by atoms with Gasteiger partial charge in [0.2, 0.25) is 0 Å². The highest BCUT2D eigenvalue weighted by atomic mass is 16.2. The number of fused-ring (bicyclic) bond motifs is 1. The number of H-pyrrole nitrogens is 1. The number of aromatic nitrogens is 4. The fourth-order valence-corrected chi connectivity index (χ4v) is 4.56. The highest BCUT2D eigenvalue weighted by Gasteiger charge is 2.15. The highest BCUT2D eigenvalue weighted by Crippen LogP contribution is 2.24. The summed E-state index contributed by atoms with van der Waals surface area (Å²) in [6.07, 6.45) is 8.99. The Morgan fingerprint density at radius 2 is 1.86 bits per heavy atom. The maximum absolute atomic E-state index is 13.0. The quantitative estimate of drug-likeness (QED) is 0.370. The Kier molecular flexibility index (Phi) is 6.81. The topological polar surface area (TPSA) is 108 Å². The van der Waals surface area contributed by atoms with E-state index < -0.39 is 0 Å². The van der Waals surface area contributed by atoms with Crippen LogP contribution in [0.5, 0.6) is 0 Å². The van der Waals surface area contributed by atoms with Gasteiger partial charge in [0.1, 0.15) is 5.65 Å². The van der Waals surface area contributed by atoms with Crippen LogP contribution in [-0.2, 0) is 7.05 Å². The minimum atomic E-state index is -0.278. The molecule has 9 nitrogen and oxygen atoms in total. The Labute approximate surface area is 209 Å². The molecule has 1 aromatic carbocycles. The standard InChI is InChI=1S/C27H31N7O2/c1-18-6-7-19(26(35)28-8-11-34-9-4-3-5-10-34)13-23(18)32-27(36)21-12-20-14-24(31-25(20)29-15-21)22-16-30-33(2)17-22/h6-7,12-17H,3-5,8-11H2,1-2H3,(H,28,35)(H,29,31)(H,32,36). The second-order valence-corrected chi connectivity index (χ2v) is 9.39. The first-order valence-corrected chi connectivity index (χ1v) is 12.4. The number of hydrogen-bond donors (Lipinski definition) is 3. The van der Waals surface area contributed by atoms with Crippen LogP contribution in [0, 0.1) is 6.92 Å². The Hall–Kier alpha value is -3.98. The molecular weight excluding hydrogens is 454 g/mol. The molecule has 3 aromatic heterocycles. The van der Waals surface area contributed by atoms with E-state index >= 15 is 0 Å². The molecule has 0 spiro atoms. The van der Waals surface area contributed by atoms with Crippen LogP contribution in [0.4, 0.5) is 5.69 Å². The van der Waals surface area contributed by atoms with Gasteiger partial charge in [-0.2, -0.15) is 5.10 Å². The molecule has 5 rings (SSSR count). The molecule has 0 aliphatic carbocycles. The first-order valence-electron chi connectivity index (χ1n) is 12.4. The number of hydrogen-bond acceptors (Lipinski definition) is 5. The molecule has 36 heavy (non-hydrogen) atoms. The van der Waals surface area contributed by atoms with Gasteiger partial charge in [0.15, 0.2) is 0 Å². The van der Waals surface area contributed by atoms with Crippen LogP contribution in [0.25, 0.3) is 22.3 Å². The number of aromatic amines is 1. The predicted molar refractivity (Wildman–Crippen MR) is 140 cm³/mol. The lowest BCUT2D eigenvalue weighted by molar-refractivity contribution is 0.0945. The van der Waals surface area contributed by atoms with Crippen molar-refractivity contribution in [2.24, 2.45) is 7.05 Å². The molecule has 9 heteroatoms. The van der Waals surface area contributed by atoms with Crippen LogP contribution in [0.1, 0.15) is 45.5 Å². The lowest BCUT2D eigenvalue weighted by Gasteiger charge is -2.26. The van der Waals surface area contributed by atoms with E-state index in [0.29, 0.717) is 29.0 Å². The molecule has 1 aliphatic rings. The van der Waals surface area contributed by atoms with Gasteiger partial charge < -0.3 is 20.5 Å². The normalized spacial score (nSPS) is 14.2. The third-order valence-electron chi connectivity index (χ3n) is 6.66. The van der Waals surface area contributed by atoms with Crippen LogP contribution in [0.2, 0.25) is 0 Å². The van der Waals surface area contributed by atoms with Gasteiger partial charge in [-0.15, -0.1) is 0 Å². The number of rotatable bonds is 7. The highest BCUT2D eigenvalue weighted by molar-refractivity contribution is 6.07. The maximum Gasteiger partial charge on any atom is 0.257 e. The van der Waals surface area contributed by atoms with Gasteiger partial charge in [0.25, 0.3) is 11.8 Å². The minimum absolute atomic E-state index is 0.138. The van der Waals surface area contributed by atoms with Gasteiger partial charge in [-0.25, -0.2) is 4.98 Å². The zero-order valence-electron chi connectivity index (χ0n) is 20.7. The Balaban J connectivity index is 1.25. The van der Waals surface area contributed by atoms with Gasteiger partial charge in [-0.05, 0) is 62.7 Å². The van der Waals surface area contributed by atoms with E-state index in [1.54, 1.807) is 35.3 Å². The Morgan fingerprint density at radius 1 is 1.03 bits per heavy atom. The fraction of sp³-hybridized carbons (Fsp3) is 0.333. The summed E-state index contributed by atoms with van der Waals surface area (Å²) in [7, 11) is 1.86. The summed E-state index contributed by atoms with van der Waals surface area (Å²) in [5, 5.41) is 11.0. The van der Waals surface area contributed by atoms with Crippen molar-refractivity contribution in [2.75, 3.05) is 31.5 Å². The summed E-state index contributed by atoms with van der Waals surface area (Å²) in [6.45, 7) is 5.58. The first-order chi connectivity index (χ1) is 17.5. The van der Waals surface area contributed by atoms with Crippen LogP contribution in [0.3, 0.4) is 0 Å². The zero-order valence-corrected chi connectivity index (χ0v) is 20.7. The molecule has 4 heterocycles. The Bertz CT molecular complexity index is 1400. The van der Waals surface area contributed by atoms with Crippen molar-refractivity contribution in [2.45, 2.75) is 26.2 Å². The number of nitrogens with one attached hydrogen (secondary N) is 3. The van der Waals surface area contributed by atoms with Crippen LogP contribution in [-0.4, -0.2) is 62.6 Å². The SMILES string of the molecule is Cc1ccc(C(=O)NCCN2CCCCC2)cc1NC(=O)c1cnc2[nH]c(-c3cnn(C)c3)cc2c1. The smallest absolute Gasteiger partial charge is 0.257 e. The molecule has 2 amide bonds. The number of amides is 2. The van der Waals surface area contributed by atoms with Crippen molar-refractivity contribution in [1.82, 2.24) is 30.0 Å². The number of carbonyl (C=O) groups is 2. The maximum atomic E-state index is 13.0. The molecule has 0 saturated carbocycles. The number of pyridine rings is 1. The van der Waals surface area contributed by atoms with Crippen molar-refractivity contribution in [3.05, 3.63) is 65.6 Å². The van der Waals surface area contributed by atoms with E-state index in [2.05, 4.69) is 30.6 Å². The molecule has 0 radical (unpaired) electrons. The molecule has 0 bridgehead atoms. The molecule has 0 atom stereocenters. The molecular formula is C27H31N7O2. The van der Waals surface area contributed by atoms with Crippen molar-refractivity contribution in [3.8, 4) is 11.3 Å². The summed E-state index contributed by atoms with van der Waals surface area (Å²) in [6, 6.07) is 9.13. The molecule has 1 aliphatic heterocycles. The summed E-state index contributed by atoms with van der Waals surface area (Å²) < 4.78 is 1.73. The van der Waals surface area contributed by atoms with E-state index in [1.165, 1.54) is 19.3 Å². The van der Waals surface area contributed by atoms with Gasteiger partial charge >= 0.3 is 0 Å². The minimum Gasteiger partial charge on any atom is -0.351 e. The van der Waals surface area contributed by atoms with E-state index in [4.69, 9.17) is 0 Å². The molecule has 1 saturated heterocycles. The predicted octanol–water partition coefficient (Wildman–Crippen LogP) is 3.74. The second-order valence-electron chi connectivity index (χ2n) is 9.39. The van der Waals surface area contributed by atoms with E-state index in [0.717, 1.165) is 41.8 Å². The third-order valence-corrected chi connectivity index (χ3v) is 6.66. The number of nitrogens with zero attached hydrogens (tertiary/aromatic N) is 4. The molecule has 4 aromatic rings. The number of aryl methyl sites for hydroxylation is 2. The Morgan fingerprint density at radius 3 is 2.64 bits per heavy atom. The van der Waals surface area contributed by atoms with Crippen LogP contribution in [0.15, 0.2) is 48.9 Å². The van der Waals surface area contributed by atoms with Gasteiger partial charge in [0.05, 0.1) is 17.5 Å². The molecule has 186 valence electrons. The summed E-state index contributed by atoms with van der Waals surface area (Å²) >= 11 is 0. The van der Waals surface area contributed by atoms with Crippen molar-refractivity contribution in [3.63, 3.8) is 0 Å².